The van der Waals surface area contributed by atoms with Crippen LogP contribution in [0.25, 0.3) is 0 Å². The number of hydrogen-bond acceptors (Lipinski definition) is 2. The first-order valence-corrected chi connectivity index (χ1v) is 7.41. The van der Waals surface area contributed by atoms with Crippen LogP contribution in [0.15, 0.2) is 24.3 Å². The number of benzene rings is 1. The van der Waals surface area contributed by atoms with Gasteiger partial charge < -0.3 is 10.0 Å². The molecule has 21 heavy (non-hydrogen) atoms. The van der Waals surface area contributed by atoms with Crippen LogP contribution in [0.1, 0.15) is 51.2 Å². The number of hydrogen-bond donors (Lipinski definition) is 1. The highest BCUT2D eigenvalue weighted by Gasteiger charge is 2.19. The molecule has 0 aliphatic rings. The fraction of sp³-hybridized carbons (Fsp3) is 0.529. The van der Waals surface area contributed by atoms with Gasteiger partial charge in [-0.25, -0.2) is 0 Å². The van der Waals surface area contributed by atoms with Crippen LogP contribution in [-0.2, 0) is 16.0 Å². The Kier molecular flexibility index (Phi) is 6.40. The third kappa shape index (κ3) is 5.58. The van der Waals surface area contributed by atoms with Gasteiger partial charge in [0, 0.05) is 12.5 Å². The standard InChI is InChI=1S/C17H25NO3/c1-12(2)15-8-5-14(6-9-15)7-10-16(19)18(13(3)4)11-17(20)21/h5-6,8-9,12-13H,7,10-11H2,1-4H3,(H,20,21). The molecule has 1 amide bonds. The topological polar surface area (TPSA) is 57.6 Å². The molecular formula is C17H25NO3. The Morgan fingerprint density at radius 3 is 2.10 bits per heavy atom. The van der Waals surface area contributed by atoms with Crippen LogP contribution in [0.5, 0.6) is 0 Å². The number of nitrogens with zero attached hydrogens (tertiary/aromatic N) is 1. The van der Waals surface area contributed by atoms with Crippen LogP contribution < -0.4 is 0 Å². The molecular weight excluding hydrogens is 266 g/mol. The molecule has 116 valence electrons. The fourth-order valence-electron chi connectivity index (χ4n) is 2.17. The van der Waals surface area contributed by atoms with E-state index in [-0.39, 0.29) is 18.5 Å². The van der Waals surface area contributed by atoms with E-state index in [1.54, 1.807) is 0 Å². The SMILES string of the molecule is CC(C)c1ccc(CCC(=O)N(CC(=O)O)C(C)C)cc1. The van der Waals surface area contributed by atoms with E-state index in [0.29, 0.717) is 18.8 Å². The molecule has 0 aliphatic heterocycles. The molecule has 0 aliphatic carbocycles. The first kappa shape index (κ1) is 17.2. The van der Waals surface area contributed by atoms with Gasteiger partial charge in [0.1, 0.15) is 6.54 Å². The number of amides is 1. The van der Waals surface area contributed by atoms with Crippen LogP contribution >= 0.6 is 0 Å². The van der Waals surface area contributed by atoms with Gasteiger partial charge in [-0.1, -0.05) is 38.1 Å². The summed E-state index contributed by atoms with van der Waals surface area (Å²) in [5.41, 5.74) is 2.38. The summed E-state index contributed by atoms with van der Waals surface area (Å²) in [5.74, 6) is -0.591. The lowest BCUT2D eigenvalue weighted by molar-refractivity contribution is -0.145. The summed E-state index contributed by atoms with van der Waals surface area (Å²) >= 11 is 0. The van der Waals surface area contributed by atoms with Crippen molar-refractivity contribution >= 4 is 11.9 Å². The second kappa shape index (κ2) is 7.81. The summed E-state index contributed by atoms with van der Waals surface area (Å²) in [4.78, 5) is 24.3. The van der Waals surface area contributed by atoms with Gasteiger partial charge in [0.15, 0.2) is 0 Å². The predicted molar refractivity (Wildman–Crippen MR) is 83.3 cm³/mol. The maximum Gasteiger partial charge on any atom is 0.323 e. The molecule has 1 rings (SSSR count). The van der Waals surface area contributed by atoms with Gasteiger partial charge in [-0.2, -0.15) is 0 Å². The van der Waals surface area contributed by atoms with Gasteiger partial charge in [-0.15, -0.1) is 0 Å². The fourth-order valence-corrected chi connectivity index (χ4v) is 2.17. The average Bonchev–Trinajstić information content (AvgIpc) is 2.42. The van der Waals surface area contributed by atoms with E-state index in [1.165, 1.54) is 10.5 Å². The number of aliphatic carboxylic acids is 1. The summed E-state index contributed by atoms with van der Waals surface area (Å²) in [6.07, 6.45) is 0.979. The number of aryl methyl sites for hydroxylation is 1. The Balaban J connectivity index is 2.60. The molecule has 0 spiro atoms. The largest absolute Gasteiger partial charge is 0.480 e. The molecule has 0 atom stereocenters. The molecule has 0 saturated heterocycles. The van der Waals surface area contributed by atoms with E-state index >= 15 is 0 Å². The number of carboxylic acids is 1. The van der Waals surface area contributed by atoms with E-state index in [9.17, 15) is 9.59 Å². The third-order valence-corrected chi connectivity index (χ3v) is 3.52. The van der Waals surface area contributed by atoms with Crippen molar-refractivity contribution in [1.82, 2.24) is 4.90 Å². The van der Waals surface area contributed by atoms with E-state index < -0.39 is 5.97 Å². The molecule has 0 unspecified atom stereocenters. The Morgan fingerprint density at radius 2 is 1.67 bits per heavy atom. The monoisotopic (exact) mass is 291 g/mol. The lowest BCUT2D eigenvalue weighted by atomic mass is 10.00. The zero-order valence-electron chi connectivity index (χ0n) is 13.3. The van der Waals surface area contributed by atoms with Crippen LogP contribution in [0.2, 0.25) is 0 Å². The van der Waals surface area contributed by atoms with Gasteiger partial charge in [-0.05, 0) is 37.3 Å². The van der Waals surface area contributed by atoms with Crippen molar-refractivity contribution < 1.29 is 14.7 Å². The predicted octanol–water partition coefficient (Wildman–Crippen LogP) is 3.06. The van der Waals surface area contributed by atoms with Crippen molar-refractivity contribution in [2.45, 2.75) is 52.5 Å². The number of carboxylic acid groups (broad SMARTS) is 1. The minimum atomic E-state index is -0.974. The van der Waals surface area contributed by atoms with E-state index in [4.69, 9.17) is 5.11 Å². The van der Waals surface area contributed by atoms with Gasteiger partial charge in [-0.3, -0.25) is 9.59 Å². The number of rotatable bonds is 7. The summed E-state index contributed by atoms with van der Waals surface area (Å²) in [5, 5.41) is 8.86. The Labute approximate surface area is 126 Å². The molecule has 1 N–H and O–H groups in total. The normalized spacial score (nSPS) is 11.0. The summed E-state index contributed by atoms with van der Waals surface area (Å²) < 4.78 is 0. The summed E-state index contributed by atoms with van der Waals surface area (Å²) in [6, 6.07) is 8.15. The highest BCUT2D eigenvalue weighted by molar-refractivity contribution is 5.81. The van der Waals surface area contributed by atoms with Crippen molar-refractivity contribution in [2.75, 3.05) is 6.54 Å². The van der Waals surface area contributed by atoms with Gasteiger partial charge >= 0.3 is 5.97 Å². The van der Waals surface area contributed by atoms with Gasteiger partial charge in [0.2, 0.25) is 5.91 Å². The first-order chi connectivity index (χ1) is 9.81. The van der Waals surface area contributed by atoms with E-state index in [0.717, 1.165) is 5.56 Å². The molecule has 0 saturated carbocycles. The molecule has 0 radical (unpaired) electrons. The third-order valence-electron chi connectivity index (χ3n) is 3.52. The van der Waals surface area contributed by atoms with Crippen LogP contribution in [0, 0.1) is 0 Å². The quantitative estimate of drug-likeness (QED) is 0.840. The Morgan fingerprint density at radius 1 is 1.10 bits per heavy atom. The van der Waals surface area contributed by atoms with Crippen molar-refractivity contribution in [3.05, 3.63) is 35.4 Å². The average molecular weight is 291 g/mol. The smallest absolute Gasteiger partial charge is 0.323 e. The highest BCUT2D eigenvalue weighted by atomic mass is 16.4. The second-order valence-electron chi connectivity index (χ2n) is 5.91. The van der Waals surface area contributed by atoms with Gasteiger partial charge in [0.05, 0.1) is 0 Å². The lowest BCUT2D eigenvalue weighted by Gasteiger charge is -2.24. The highest BCUT2D eigenvalue weighted by Crippen LogP contribution is 2.16. The molecule has 0 fully saturated rings. The molecule has 0 heterocycles. The molecule has 0 aromatic heterocycles. The van der Waals surface area contributed by atoms with E-state index in [1.807, 2.05) is 26.0 Å². The zero-order chi connectivity index (χ0) is 16.0. The molecule has 0 bridgehead atoms. The lowest BCUT2D eigenvalue weighted by Crippen LogP contribution is -2.40. The van der Waals surface area contributed by atoms with E-state index in [2.05, 4.69) is 26.0 Å². The van der Waals surface area contributed by atoms with Crippen molar-refractivity contribution in [3.63, 3.8) is 0 Å². The number of carbonyl (C=O) groups is 2. The molecule has 4 heteroatoms. The maximum atomic E-state index is 12.1. The van der Waals surface area contributed by atoms with Crippen molar-refractivity contribution in [3.8, 4) is 0 Å². The van der Waals surface area contributed by atoms with Crippen molar-refractivity contribution in [2.24, 2.45) is 0 Å². The van der Waals surface area contributed by atoms with Crippen molar-refractivity contribution in [1.29, 1.82) is 0 Å². The maximum absolute atomic E-state index is 12.1. The Bertz CT molecular complexity index is 477. The molecule has 1 aromatic rings. The zero-order valence-corrected chi connectivity index (χ0v) is 13.3. The molecule has 4 nitrogen and oxygen atoms in total. The Hall–Kier alpha value is -1.84. The van der Waals surface area contributed by atoms with Crippen LogP contribution in [-0.4, -0.2) is 34.5 Å². The molecule has 1 aromatic carbocycles. The second-order valence-corrected chi connectivity index (χ2v) is 5.91. The van der Waals surface area contributed by atoms with Crippen LogP contribution in [0.3, 0.4) is 0 Å². The number of carbonyl (C=O) groups excluding carboxylic acids is 1. The summed E-state index contributed by atoms with van der Waals surface area (Å²) in [7, 11) is 0. The summed E-state index contributed by atoms with van der Waals surface area (Å²) in [6.45, 7) is 7.72. The minimum Gasteiger partial charge on any atom is -0.480 e. The van der Waals surface area contributed by atoms with Gasteiger partial charge in [0.25, 0.3) is 0 Å². The first-order valence-electron chi connectivity index (χ1n) is 7.41. The minimum absolute atomic E-state index is 0.100. The van der Waals surface area contributed by atoms with Crippen LogP contribution in [0.4, 0.5) is 0 Å².